The van der Waals surface area contributed by atoms with Crippen molar-refractivity contribution in [1.29, 1.82) is 0 Å². The Bertz CT molecular complexity index is 671. The van der Waals surface area contributed by atoms with E-state index in [1.54, 1.807) is 13.8 Å². The van der Waals surface area contributed by atoms with Crippen LogP contribution in [0, 0.1) is 11.8 Å². The standard InChI is InChI=1S/C19H33N5O4S/c1-12(2)28-19(27)23-17(26)14-5-9-29(7-3-8-29)18(14)22-16(25)13-10-20-15-4-6-21-24(15)11-13/h12-15,18,20-21H,3-11H2,1-2H3,(H,22,25)(H,23,26,27). The van der Waals surface area contributed by atoms with E-state index in [1.807, 2.05) is 0 Å². The minimum Gasteiger partial charge on any atom is -0.447 e. The highest BCUT2D eigenvalue weighted by atomic mass is 32.3. The molecule has 3 amide bonds. The Labute approximate surface area is 173 Å². The van der Waals surface area contributed by atoms with Gasteiger partial charge in [0.15, 0.2) is 0 Å². The van der Waals surface area contributed by atoms with Gasteiger partial charge in [0.2, 0.25) is 11.8 Å². The zero-order chi connectivity index (χ0) is 20.6. The summed E-state index contributed by atoms with van der Waals surface area (Å²) in [7, 11) is -1.00. The Morgan fingerprint density at radius 3 is 2.62 bits per heavy atom. The molecule has 164 valence electrons. The van der Waals surface area contributed by atoms with E-state index in [1.165, 1.54) is 0 Å². The molecule has 4 N–H and O–H groups in total. The number of amides is 3. The lowest BCUT2D eigenvalue weighted by atomic mass is 10.0. The lowest BCUT2D eigenvalue weighted by molar-refractivity contribution is -0.128. The minimum atomic E-state index is -1.00. The van der Waals surface area contributed by atoms with Gasteiger partial charge in [-0.3, -0.25) is 25.6 Å². The fourth-order valence-electron chi connectivity index (χ4n) is 4.92. The lowest BCUT2D eigenvalue weighted by Crippen LogP contribution is -2.59. The van der Waals surface area contributed by atoms with Crippen molar-refractivity contribution in [3.63, 3.8) is 0 Å². The van der Waals surface area contributed by atoms with Crippen molar-refractivity contribution in [2.24, 2.45) is 11.8 Å². The number of hydrogen-bond donors (Lipinski definition) is 4. The predicted octanol–water partition coefficient (Wildman–Crippen LogP) is 0.0739. The quantitative estimate of drug-likeness (QED) is 0.502. The summed E-state index contributed by atoms with van der Waals surface area (Å²) in [5.74, 6) is 2.40. The number of alkyl carbamates (subject to hydrolysis) is 1. The number of fused-ring (bicyclic) bond motifs is 1. The first-order chi connectivity index (χ1) is 13.9. The van der Waals surface area contributed by atoms with Crippen molar-refractivity contribution in [3.05, 3.63) is 0 Å². The molecule has 0 radical (unpaired) electrons. The van der Waals surface area contributed by atoms with Gasteiger partial charge < -0.3 is 10.1 Å². The number of nitrogens with one attached hydrogen (secondary N) is 4. The average Bonchev–Trinajstić information content (AvgIpc) is 3.24. The lowest BCUT2D eigenvalue weighted by Gasteiger charge is -2.50. The van der Waals surface area contributed by atoms with Crippen molar-refractivity contribution >= 4 is 27.9 Å². The van der Waals surface area contributed by atoms with Gasteiger partial charge in [0.25, 0.3) is 0 Å². The van der Waals surface area contributed by atoms with Crippen LogP contribution in [0.3, 0.4) is 0 Å². The number of rotatable bonds is 4. The molecule has 4 heterocycles. The van der Waals surface area contributed by atoms with Crippen LogP contribution in [0.1, 0.15) is 33.1 Å². The van der Waals surface area contributed by atoms with Gasteiger partial charge >= 0.3 is 6.09 Å². The summed E-state index contributed by atoms with van der Waals surface area (Å²) in [6.07, 6.45) is 2.24. The second-order valence-corrected chi connectivity index (χ2v) is 12.8. The van der Waals surface area contributed by atoms with E-state index >= 15 is 0 Å². The summed E-state index contributed by atoms with van der Waals surface area (Å²) in [6, 6.07) is 0. The molecule has 4 atom stereocenters. The molecule has 0 aliphatic carbocycles. The van der Waals surface area contributed by atoms with Gasteiger partial charge in [0, 0.05) is 19.6 Å². The Morgan fingerprint density at radius 1 is 1.14 bits per heavy atom. The average molecular weight is 428 g/mol. The molecular formula is C19H33N5O4S. The monoisotopic (exact) mass is 427 g/mol. The summed E-state index contributed by atoms with van der Waals surface area (Å²) < 4.78 is 5.05. The van der Waals surface area contributed by atoms with Crippen LogP contribution < -0.4 is 21.4 Å². The maximum Gasteiger partial charge on any atom is 0.414 e. The number of imide groups is 1. The molecule has 4 aliphatic rings. The number of carbonyl (C=O) groups excluding carboxylic acids is 3. The molecule has 29 heavy (non-hydrogen) atoms. The van der Waals surface area contributed by atoms with Gasteiger partial charge in [-0.05, 0) is 50.4 Å². The summed E-state index contributed by atoms with van der Waals surface area (Å²) in [5, 5.41) is 11.0. The third-order valence-electron chi connectivity index (χ3n) is 6.53. The molecule has 0 aromatic heterocycles. The third kappa shape index (κ3) is 4.26. The molecule has 4 fully saturated rings. The molecule has 4 unspecified atom stereocenters. The van der Waals surface area contributed by atoms with Gasteiger partial charge in [-0.1, -0.05) is 0 Å². The molecule has 10 heteroatoms. The first-order valence-corrected chi connectivity index (χ1v) is 12.9. The van der Waals surface area contributed by atoms with E-state index < -0.39 is 16.1 Å². The molecule has 1 spiro atoms. The first kappa shape index (κ1) is 20.9. The number of nitrogens with zero attached hydrogens (tertiary/aromatic N) is 1. The summed E-state index contributed by atoms with van der Waals surface area (Å²) in [4.78, 5) is 37.8. The third-order valence-corrected chi connectivity index (χ3v) is 11.3. The minimum absolute atomic E-state index is 0.0119. The van der Waals surface area contributed by atoms with Crippen LogP contribution in [0.15, 0.2) is 0 Å². The van der Waals surface area contributed by atoms with Gasteiger partial charge in [0.1, 0.15) is 0 Å². The van der Waals surface area contributed by atoms with Crippen LogP contribution in [-0.2, 0) is 14.3 Å². The highest BCUT2D eigenvalue weighted by molar-refractivity contribution is 8.35. The second-order valence-electron chi connectivity index (χ2n) is 8.82. The fraction of sp³-hybridized carbons (Fsp3) is 0.842. The molecule has 4 rings (SSSR count). The van der Waals surface area contributed by atoms with Crippen molar-refractivity contribution in [1.82, 2.24) is 26.4 Å². The summed E-state index contributed by atoms with van der Waals surface area (Å²) in [5.41, 5.74) is 3.32. The fourth-order valence-corrected chi connectivity index (χ4v) is 9.17. The van der Waals surface area contributed by atoms with E-state index in [0.29, 0.717) is 19.3 Å². The van der Waals surface area contributed by atoms with Crippen LogP contribution in [0.5, 0.6) is 0 Å². The number of carbonyl (C=O) groups is 3. The first-order valence-electron chi connectivity index (χ1n) is 10.7. The van der Waals surface area contributed by atoms with Gasteiger partial charge in [-0.2, -0.15) is 0 Å². The normalized spacial score (nSPS) is 34.3. The molecule has 0 bridgehead atoms. The predicted molar refractivity (Wildman–Crippen MR) is 111 cm³/mol. The molecule has 4 saturated heterocycles. The summed E-state index contributed by atoms with van der Waals surface area (Å²) >= 11 is 0. The Morgan fingerprint density at radius 2 is 1.93 bits per heavy atom. The smallest absolute Gasteiger partial charge is 0.414 e. The number of hydrogen-bond acceptors (Lipinski definition) is 7. The van der Waals surface area contributed by atoms with Crippen molar-refractivity contribution in [3.8, 4) is 0 Å². The molecule has 0 aromatic carbocycles. The zero-order valence-electron chi connectivity index (χ0n) is 17.2. The highest BCUT2D eigenvalue weighted by Crippen LogP contribution is 2.66. The Hall–Kier alpha value is -1.36. The SMILES string of the molecule is CC(C)OC(=O)NC(=O)C1CCS2(CCC2)C1NC(=O)C1CNC2CCNN2C1. The molecule has 0 saturated carbocycles. The zero-order valence-corrected chi connectivity index (χ0v) is 18.1. The van der Waals surface area contributed by atoms with Gasteiger partial charge in [-0.15, -0.1) is 0 Å². The van der Waals surface area contributed by atoms with Crippen molar-refractivity contribution < 1.29 is 19.1 Å². The van der Waals surface area contributed by atoms with E-state index in [4.69, 9.17) is 4.74 Å². The highest BCUT2D eigenvalue weighted by Gasteiger charge is 2.51. The maximum atomic E-state index is 13.1. The van der Waals surface area contributed by atoms with Crippen LogP contribution in [0.25, 0.3) is 0 Å². The molecular weight excluding hydrogens is 394 g/mol. The Kier molecular flexibility index (Phi) is 6.06. The van der Waals surface area contributed by atoms with Gasteiger partial charge in [-0.25, -0.2) is 19.8 Å². The van der Waals surface area contributed by atoms with Crippen molar-refractivity contribution in [2.45, 2.75) is 50.8 Å². The Balaban J connectivity index is 1.40. The summed E-state index contributed by atoms with van der Waals surface area (Å²) in [6.45, 7) is 5.75. The molecule has 9 nitrogen and oxygen atoms in total. The van der Waals surface area contributed by atoms with Crippen molar-refractivity contribution in [2.75, 3.05) is 36.9 Å². The van der Waals surface area contributed by atoms with E-state index in [9.17, 15) is 14.4 Å². The largest absolute Gasteiger partial charge is 0.447 e. The van der Waals surface area contributed by atoms with Crippen LogP contribution in [0.4, 0.5) is 4.79 Å². The van der Waals surface area contributed by atoms with E-state index in [-0.39, 0.29) is 35.1 Å². The topological polar surface area (TPSA) is 112 Å². The van der Waals surface area contributed by atoms with Crippen LogP contribution in [0.2, 0.25) is 0 Å². The van der Waals surface area contributed by atoms with E-state index in [2.05, 4.69) is 26.4 Å². The van der Waals surface area contributed by atoms with Crippen LogP contribution >= 0.6 is 10.0 Å². The van der Waals surface area contributed by atoms with E-state index in [0.717, 1.165) is 43.1 Å². The van der Waals surface area contributed by atoms with Gasteiger partial charge in [0.05, 0.1) is 29.5 Å². The number of ether oxygens (including phenoxy) is 1. The molecule has 0 aromatic rings. The second kappa shape index (κ2) is 8.41. The maximum absolute atomic E-state index is 13.1. The number of hydrazine groups is 1. The van der Waals surface area contributed by atoms with Crippen LogP contribution in [-0.4, -0.2) is 77.5 Å². The molecule has 4 aliphatic heterocycles.